The predicted octanol–water partition coefficient (Wildman–Crippen LogP) is 3.61. The highest BCUT2D eigenvalue weighted by Gasteiger charge is 2.21. The van der Waals surface area contributed by atoms with Crippen molar-refractivity contribution in [2.24, 2.45) is 5.92 Å². The Morgan fingerprint density at radius 3 is 2.40 bits per heavy atom. The predicted molar refractivity (Wildman–Crippen MR) is 92.0 cm³/mol. The van der Waals surface area contributed by atoms with E-state index >= 15 is 0 Å². The van der Waals surface area contributed by atoms with E-state index in [1.807, 2.05) is 44.7 Å². The van der Waals surface area contributed by atoms with Crippen LogP contribution in [0, 0.1) is 17.2 Å². The van der Waals surface area contributed by atoms with Crippen molar-refractivity contribution in [3.8, 4) is 6.07 Å². The molecular weight excluding hydrogens is 288 g/mol. The van der Waals surface area contributed by atoms with E-state index in [0.717, 1.165) is 0 Å². The van der Waals surface area contributed by atoms with Crippen molar-refractivity contribution in [2.75, 3.05) is 7.05 Å². The van der Waals surface area contributed by atoms with E-state index < -0.39 is 6.10 Å². The third-order valence-electron chi connectivity index (χ3n) is 2.88. The molecule has 0 aliphatic rings. The number of hydrogen-bond donors (Lipinski definition) is 2. The van der Waals surface area contributed by atoms with E-state index in [9.17, 15) is 5.26 Å². The molecule has 0 heterocycles. The number of nitriles is 1. The first-order valence-corrected chi connectivity index (χ1v) is 8.27. The van der Waals surface area contributed by atoms with Gasteiger partial charge in [0.25, 0.3) is 0 Å². The first kappa shape index (κ1) is 19.4. The van der Waals surface area contributed by atoms with Crippen LogP contribution in [-0.4, -0.2) is 29.8 Å². The van der Waals surface area contributed by atoms with Crippen LogP contribution in [0.25, 0.3) is 0 Å². The highest BCUT2D eigenvalue weighted by molar-refractivity contribution is 8.02. The lowest BCUT2D eigenvalue weighted by molar-refractivity contribution is 0.00336. The SMILES string of the molecule is CN/C=C\C(S)/C=C\SC(C)C(C#N)OC(C)C(C)C. The number of rotatable bonds is 9. The minimum Gasteiger partial charge on any atom is -0.394 e. The monoisotopic (exact) mass is 314 g/mol. The second-order valence-corrected chi connectivity index (χ2v) is 6.83. The van der Waals surface area contributed by atoms with Crippen LogP contribution in [0.1, 0.15) is 27.7 Å². The van der Waals surface area contributed by atoms with Gasteiger partial charge < -0.3 is 10.1 Å². The Balaban J connectivity index is 4.29. The Labute approximate surface area is 133 Å². The van der Waals surface area contributed by atoms with E-state index in [-0.39, 0.29) is 16.6 Å². The van der Waals surface area contributed by atoms with Crippen LogP contribution >= 0.6 is 24.4 Å². The molecule has 4 unspecified atom stereocenters. The molecule has 0 radical (unpaired) electrons. The number of nitrogens with one attached hydrogen (secondary N) is 1. The van der Waals surface area contributed by atoms with Gasteiger partial charge in [-0.2, -0.15) is 17.9 Å². The zero-order chi connectivity index (χ0) is 15.5. The molecule has 0 aliphatic carbocycles. The molecule has 0 aromatic carbocycles. The van der Waals surface area contributed by atoms with Crippen LogP contribution in [0.2, 0.25) is 0 Å². The van der Waals surface area contributed by atoms with E-state index in [0.29, 0.717) is 5.92 Å². The van der Waals surface area contributed by atoms with Crippen molar-refractivity contribution in [1.29, 1.82) is 5.26 Å². The first-order chi connectivity index (χ1) is 9.42. The molecule has 114 valence electrons. The van der Waals surface area contributed by atoms with Gasteiger partial charge in [-0.15, -0.1) is 11.8 Å². The Morgan fingerprint density at radius 2 is 1.90 bits per heavy atom. The number of hydrogen-bond acceptors (Lipinski definition) is 5. The Bertz CT molecular complexity index is 350. The average Bonchev–Trinajstić information content (AvgIpc) is 2.41. The molecule has 0 aromatic rings. The summed E-state index contributed by atoms with van der Waals surface area (Å²) in [5.41, 5.74) is 0. The molecule has 20 heavy (non-hydrogen) atoms. The fourth-order valence-electron chi connectivity index (χ4n) is 1.21. The standard InChI is InChI=1S/C15H26N2OS2/c1-11(2)12(3)18-15(10-16)13(4)20-9-7-14(19)6-8-17-5/h6-9,11-15,17,19H,1-5H3/b8-6-,9-7-. The van der Waals surface area contributed by atoms with Gasteiger partial charge in [-0.3, -0.25) is 0 Å². The van der Waals surface area contributed by atoms with E-state index in [1.165, 1.54) is 0 Å². The summed E-state index contributed by atoms with van der Waals surface area (Å²) < 4.78 is 5.79. The molecule has 0 aliphatic heterocycles. The number of nitrogens with zero attached hydrogens (tertiary/aromatic N) is 1. The molecule has 0 bridgehead atoms. The molecule has 0 amide bonds. The van der Waals surface area contributed by atoms with Crippen LogP contribution in [0.4, 0.5) is 0 Å². The highest BCUT2D eigenvalue weighted by atomic mass is 32.2. The zero-order valence-electron chi connectivity index (χ0n) is 12.9. The summed E-state index contributed by atoms with van der Waals surface area (Å²) in [6.45, 7) is 8.20. The normalized spacial score (nSPS) is 18.1. The fraction of sp³-hybridized carbons (Fsp3) is 0.667. The second kappa shape index (κ2) is 11.1. The molecule has 0 spiro atoms. The second-order valence-electron chi connectivity index (χ2n) is 4.94. The lowest BCUT2D eigenvalue weighted by Gasteiger charge is -2.23. The molecule has 0 fully saturated rings. The van der Waals surface area contributed by atoms with Gasteiger partial charge in [-0.1, -0.05) is 26.0 Å². The molecule has 3 nitrogen and oxygen atoms in total. The Kier molecular flexibility index (Phi) is 10.8. The minimum absolute atomic E-state index is 0.0678. The van der Waals surface area contributed by atoms with Gasteiger partial charge in [0.2, 0.25) is 0 Å². The summed E-state index contributed by atoms with van der Waals surface area (Å²) in [6, 6.07) is 2.24. The quantitative estimate of drug-likeness (QED) is 0.638. The summed E-state index contributed by atoms with van der Waals surface area (Å²) in [6.07, 6.45) is 5.47. The van der Waals surface area contributed by atoms with Crippen molar-refractivity contribution in [3.05, 3.63) is 23.8 Å². The Morgan fingerprint density at radius 1 is 1.25 bits per heavy atom. The molecule has 4 atom stereocenters. The molecule has 0 saturated carbocycles. The lowest BCUT2D eigenvalue weighted by Crippen LogP contribution is -2.29. The summed E-state index contributed by atoms with van der Waals surface area (Å²) >= 11 is 5.99. The van der Waals surface area contributed by atoms with Crippen LogP contribution in [0.15, 0.2) is 23.8 Å². The maximum Gasteiger partial charge on any atom is 0.156 e. The number of ether oxygens (including phenoxy) is 1. The van der Waals surface area contributed by atoms with Gasteiger partial charge >= 0.3 is 0 Å². The van der Waals surface area contributed by atoms with Gasteiger partial charge in [0.05, 0.1) is 12.2 Å². The van der Waals surface area contributed by atoms with Crippen molar-refractivity contribution in [1.82, 2.24) is 5.32 Å². The largest absolute Gasteiger partial charge is 0.394 e. The maximum atomic E-state index is 9.20. The molecular formula is C15H26N2OS2. The lowest BCUT2D eigenvalue weighted by atomic mass is 10.1. The summed E-state index contributed by atoms with van der Waals surface area (Å²) in [5, 5.41) is 14.3. The average molecular weight is 315 g/mol. The van der Waals surface area contributed by atoms with Crippen molar-refractivity contribution >= 4 is 24.4 Å². The molecule has 1 N–H and O–H groups in total. The van der Waals surface area contributed by atoms with E-state index in [4.69, 9.17) is 4.74 Å². The zero-order valence-corrected chi connectivity index (χ0v) is 14.6. The van der Waals surface area contributed by atoms with Crippen LogP contribution in [-0.2, 0) is 4.74 Å². The van der Waals surface area contributed by atoms with E-state index in [2.05, 4.69) is 37.9 Å². The molecule has 0 rings (SSSR count). The van der Waals surface area contributed by atoms with Crippen molar-refractivity contribution in [2.45, 2.75) is 50.4 Å². The molecule has 0 saturated heterocycles. The third kappa shape index (κ3) is 8.57. The van der Waals surface area contributed by atoms with Gasteiger partial charge in [0.15, 0.2) is 6.10 Å². The van der Waals surface area contributed by atoms with Gasteiger partial charge in [-0.25, -0.2) is 0 Å². The smallest absolute Gasteiger partial charge is 0.156 e. The molecule has 0 aromatic heterocycles. The van der Waals surface area contributed by atoms with Gasteiger partial charge in [0.1, 0.15) is 0 Å². The highest BCUT2D eigenvalue weighted by Crippen LogP contribution is 2.21. The first-order valence-electron chi connectivity index (χ1n) is 6.81. The summed E-state index contributed by atoms with van der Waals surface area (Å²) in [7, 11) is 1.85. The fourth-order valence-corrected chi connectivity index (χ4v) is 2.28. The van der Waals surface area contributed by atoms with E-state index in [1.54, 1.807) is 11.8 Å². The number of thiol groups is 1. The van der Waals surface area contributed by atoms with Gasteiger partial charge in [-0.05, 0) is 31.4 Å². The maximum absolute atomic E-state index is 9.20. The number of thioether (sulfide) groups is 1. The van der Waals surface area contributed by atoms with Gasteiger partial charge in [0, 0.05) is 17.5 Å². The Hall–Kier alpha value is -0.570. The van der Waals surface area contributed by atoms with Crippen molar-refractivity contribution < 1.29 is 4.74 Å². The summed E-state index contributed by atoms with van der Waals surface area (Å²) in [5.74, 6) is 0.409. The third-order valence-corrected chi connectivity index (χ3v) is 4.22. The van der Waals surface area contributed by atoms with Crippen LogP contribution in [0.3, 0.4) is 0 Å². The van der Waals surface area contributed by atoms with Crippen LogP contribution < -0.4 is 5.32 Å². The van der Waals surface area contributed by atoms with Crippen LogP contribution in [0.5, 0.6) is 0 Å². The minimum atomic E-state index is -0.395. The van der Waals surface area contributed by atoms with Crippen molar-refractivity contribution in [3.63, 3.8) is 0 Å². The topological polar surface area (TPSA) is 45.0 Å². The molecule has 5 heteroatoms. The summed E-state index contributed by atoms with van der Waals surface area (Å²) in [4.78, 5) is 0.